The van der Waals surface area contributed by atoms with Crippen LogP contribution >= 0.6 is 8.58 Å². The van der Waals surface area contributed by atoms with E-state index in [1.54, 1.807) is 0 Å². The Morgan fingerprint density at radius 3 is 2.14 bits per heavy atom. The maximum absolute atomic E-state index is 13.1. The highest BCUT2D eigenvalue weighted by atomic mass is 31.1. The third-order valence-corrected chi connectivity index (χ3v) is 6.65. The van der Waals surface area contributed by atoms with E-state index in [0.717, 1.165) is 46.3 Å². The molecular formula is C26H37O2P. The van der Waals surface area contributed by atoms with Crippen molar-refractivity contribution in [2.24, 2.45) is 0 Å². The summed E-state index contributed by atoms with van der Waals surface area (Å²) in [5, 5.41) is 1.10. The predicted octanol–water partition coefficient (Wildman–Crippen LogP) is 7.01. The second-order valence-electron chi connectivity index (χ2n) is 9.08. The molecule has 2 aromatic carbocycles. The van der Waals surface area contributed by atoms with Crippen molar-refractivity contribution in [1.82, 2.24) is 0 Å². The van der Waals surface area contributed by atoms with Gasteiger partial charge in [-0.1, -0.05) is 65.2 Å². The van der Waals surface area contributed by atoms with Crippen molar-refractivity contribution in [1.29, 1.82) is 0 Å². The molecule has 0 aliphatic heterocycles. The van der Waals surface area contributed by atoms with Crippen LogP contribution < -0.4 is 10.0 Å². The number of hydrogen-bond donors (Lipinski definition) is 0. The molecule has 0 amide bonds. The van der Waals surface area contributed by atoms with E-state index >= 15 is 0 Å². The number of hydrogen-bond acceptors (Lipinski definition) is 2. The molecule has 0 aromatic heterocycles. The lowest BCUT2D eigenvalue weighted by atomic mass is 9.84. The second-order valence-corrected chi connectivity index (χ2v) is 10.3. The fraction of sp³-hybridized carbons (Fsp3) is 0.500. The first-order valence-electron chi connectivity index (χ1n) is 10.8. The van der Waals surface area contributed by atoms with Gasteiger partial charge in [-0.2, -0.15) is 0 Å². The van der Waals surface area contributed by atoms with Crippen LogP contribution in [0.5, 0.6) is 5.75 Å². The lowest BCUT2D eigenvalue weighted by Gasteiger charge is -2.22. The summed E-state index contributed by atoms with van der Waals surface area (Å²) in [6.07, 6.45) is 4.81. The molecule has 2 aromatic rings. The zero-order chi connectivity index (χ0) is 21.6. The third kappa shape index (κ3) is 6.68. The standard InChI is InChI=1S/C26H37O2P/c1-8-9-10-11-14-28-22-12-13-23(18(2)17-22)29-25(27)24-19(3)15-21(16-20(24)4)26(5,6)7/h12-13,15-17,29H,8-11,14H2,1-7H3. The zero-order valence-electron chi connectivity index (χ0n) is 19.2. The lowest BCUT2D eigenvalue weighted by Crippen LogP contribution is -2.14. The fourth-order valence-electron chi connectivity index (χ4n) is 3.52. The van der Waals surface area contributed by atoms with Gasteiger partial charge in [-0.3, -0.25) is 4.79 Å². The summed E-state index contributed by atoms with van der Waals surface area (Å²) < 4.78 is 5.88. The summed E-state index contributed by atoms with van der Waals surface area (Å²) in [4.78, 5) is 13.1. The van der Waals surface area contributed by atoms with Gasteiger partial charge in [-0.05, 0) is 80.9 Å². The SMILES string of the molecule is CCCCCCOc1ccc(PC(=O)c2c(C)cc(C(C)(C)C)cc2C)c(C)c1. The average Bonchev–Trinajstić information content (AvgIpc) is 2.62. The summed E-state index contributed by atoms with van der Waals surface area (Å²) in [5.74, 6) is 0.905. The molecule has 158 valence electrons. The van der Waals surface area contributed by atoms with E-state index in [-0.39, 0.29) is 19.5 Å². The van der Waals surface area contributed by atoms with Crippen molar-refractivity contribution in [2.75, 3.05) is 6.61 Å². The lowest BCUT2D eigenvalue weighted by molar-refractivity contribution is 0.108. The molecule has 0 radical (unpaired) electrons. The van der Waals surface area contributed by atoms with Gasteiger partial charge >= 0.3 is 0 Å². The van der Waals surface area contributed by atoms with Gasteiger partial charge in [-0.15, -0.1) is 0 Å². The number of unbranched alkanes of at least 4 members (excludes halogenated alkanes) is 3. The summed E-state index contributed by atoms with van der Waals surface area (Å²) in [6.45, 7) is 15.8. The van der Waals surface area contributed by atoms with Gasteiger partial charge in [0.1, 0.15) is 5.75 Å². The Hall–Kier alpha value is -1.66. The van der Waals surface area contributed by atoms with E-state index < -0.39 is 0 Å². The first-order chi connectivity index (χ1) is 13.6. The number of benzene rings is 2. The van der Waals surface area contributed by atoms with Gasteiger partial charge in [0.15, 0.2) is 5.52 Å². The molecule has 0 N–H and O–H groups in total. The van der Waals surface area contributed by atoms with Crippen molar-refractivity contribution in [3.63, 3.8) is 0 Å². The molecule has 0 spiro atoms. The second kappa shape index (κ2) is 10.4. The van der Waals surface area contributed by atoms with E-state index in [4.69, 9.17) is 4.74 Å². The van der Waals surface area contributed by atoms with Gasteiger partial charge in [-0.25, -0.2) is 0 Å². The Bertz CT molecular complexity index is 823. The van der Waals surface area contributed by atoms with E-state index in [1.165, 1.54) is 24.8 Å². The molecule has 0 saturated carbocycles. The molecule has 0 heterocycles. The summed E-state index contributed by atoms with van der Waals surface area (Å²) >= 11 is 0. The molecule has 0 bridgehead atoms. The molecule has 2 nitrogen and oxygen atoms in total. The molecule has 1 atom stereocenters. The molecule has 29 heavy (non-hydrogen) atoms. The van der Waals surface area contributed by atoms with Crippen molar-refractivity contribution in [3.05, 3.63) is 58.1 Å². The smallest absolute Gasteiger partial charge is 0.186 e. The number of rotatable bonds is 9. The topological polar surface area (TPSA) is 26.3 Å². The Morgan fingerprint density at radius 1 is 0.931 bits per heavy atom. The van der Waals surface area contributed by atoms with Crippen LogP contribution in [0.25, 0.3) is 0 Å². The van der Waals surface area contributed by atoms with Crippen LogP contribution in [0.3, 0.4) is 0 Å². The van der Waals surface area contributed by atoms with Gasteiger partial charge < -0.3 is 4.74 Å². The van der Waals surface area contributed by atoms with Crippen LogP contribution in [-0.2, 0) is 5.41 Å². The Labute approximate surface area is 179 Å². The Morgan fingerprint density at radius 2 is 1.59 bits per heavy atom. The van der Waals surface area contributed by atoms with Crippen molar-refractivity contribution in [3.8, 4) is 5.75 Å². The average molecular weight is 413 g/mol. The highest BCUT2D eigenvalue weighted by molar-refractivity contribution is 7.66. The first kappa shape index (κ1) is 23.6. The minimum Gasteiger partial charge on any atom is -0.494 e. The van der Waals surface area contributed by atoms with E-state index in [0.29, 0.717) is 0 Å². The number of carbonyl (C=O) groups excluding carboxylic acids is 1. The largest absolute Gasteiger partial charge is 0.494 e. The molecular weight excluding hydrogens is 375 g/mol. The van der Waals surface area contributed by atoms with Crippen molar-refractivity contribution < 1.29 is 9.53 Å². The van der Waals surface area contributed by atoms with Gasteiger partial charge in [0.05, 0.1) is 6.61 Å². The normalized spacial score (nSPS) is 12.0. The maximum Gasteiger partial charge on any atom is 0.186 e. The first-order valence-corrected chi connectivity index (χ1v) is 11.8. The fourth-order valence-corrected chi connectivity index (χ4v) is 4.72. The quantitative estimate of drug-likeness (QED) is 0.327. The van der Waals surface area contributed by atoms with E-state index in [9.17, 15) is 4.79 Å². The highest BCUT2D eigenvalue weighted by Gasteiger charge is 2.20. The summed E-state index contributed by atoms with van der Waals surface area (Å²) in [5.41, 5.74) is 5.76. The molecule has 0 aliphatic carbocycles. The van der Waals surface area contributed by atoms with E-state index in [1.807, 2.05) is 6.07 Å². The summed E-state index contributed by atoms with van der Waals surface area (Å²) in [7, 11) is 0.135. The Balaban J connectivity index is 2.09. The van der Waals surface area contributed by atoms with E-state index in [2.05, 4.69) is 72.7 Å². The molecule has 0 fully saturated rings. The number of carbonyl (C=O) groups is 1. The maximum atomic E-state index is 13.1. The molecule has 1 unspecified atom stereocenters. The monoisotopic (exact) mass is 412 g/mol. The predicted molar refractivity (Wildman–Crippen MR) is 128 cm³/mol. The van der Waals surface area contributed by atoms with Gasteiger partial charge in [0.2, 0.25) is 0 Å². The third-order valence-electron chi connectivity index (χ3n) is 5.34. The van der Waals surface area contributed by atoms with Crippen LogP contribution in [-0.4, -0.2) is 12.1 Å². The molecule has 0 saturated heterocycles. The van der Waals surface area contributed by atoms with Crippen molar-refractivity contribution in [2.45, 2.75) is 79.6 Å². The van der Waals surface area contributed by atoms with Crippen LogP contribution in [0.1, 0.15) is 86.0 Å². The minimum atomic E-state index is 0.0857. The van der Waals surface area contributed by atoms with Crippen LogP contribution in [0.4, 0.5) is 0 Å². The molecule has 2 rings (SSSR count). The molecule has 0 aliphatic rings. The van der Waals surface area contributed by atoms with Gasteiger partial charge in [0.25, 0.3) is 0 Å². The molecule has 3 heteroatoms. The van der Waals surface area contributed by atoms with Crippen LogP contribution in [0, 0.1) is 20.8 Å². The van der Waals surface area contributed by atoms with Crippen LogP contribution in [0.15, 0.2) is 30.3 Å². The minimum absolute atomic E-state index is 0.0857. The van der Waals surface area contributed by atoms with Crippen molar-refractivity contribution >= 4 is 19.4 Å². The number of aryl methyl sites for hydroxylation is 3. The Kier molecular flexibility index (Phi) is 8.46. The van der Waals surface area contributed by atoms with Gasteiger partial charge in [0, 0.05) is 5.56 Å². The highest BCUT2D eigenvalue weighted by Crippen LogP contribution is 2.31. The summed E-state index contributed by atoms with van der Waals surface area (Å²) in [6, 6.07) is 10.5. The van der Waals surface area contributed by atoms with Crippen LogP contribution in [0.2, 0.25) is 0 Å². The zero-order valence-corrected chi connectivity index (χ0v) is 20.2. The number of ether oxygens (including phenoxy) is 1.